The number of methoxy groups -OCH3 is 1. The molecule has 0 bridgehead atoms. The summed E-state index contributed by atoms with van der Waals surface area (Å²) in [7, 11) is 1.67. The molecule has 0 fully saturated rings. The van der Waals surface area contributed by atoms with E-state index in [-0.39, 0.29) is 0 Å². The van der Waals surface area contributed by atoms with Crippen LogP contribution in [-0.2, 0) is 6.54 Å². The van der Waals surface area contributed by atoms with Crippen LogP contribution in [0.25, 0.3) is 0 Å². The van der Waals surface area contributed by atoms with Crippen molar-refractivity contribution in [2.24, 2.45) is 5.92 Å². The molecule has 0 amide bonds. The fraction of sp³-hybridized carbons (Fsp3) is 0.368. The molecule has 23 heavy (non-hydrogen) atoms. The van der Waals surface area contributed by atoms with Crippen molar-refractivity contribution < 1.29 is 9.47 Å². The Kier molecular flexibility index (Phi) is 6.76. The molecule has 0 saturated carbocycles. The van der Waals surface area contributed by atoms with Gasteiger partial charge in [0.15, 0.2) is 11.5 Å². The van der Waals surface area contributed by atoms with Crippen molar-refractivity contribution in [1.82, 2.24) is 5.43 Å². The van der Waals surface area contributed by atoms with Gasteiger partial charge in [0.2, 0.25) is 0 Å². The highest BCUT2D eigenvalue weighted by molar-refractivity contribution is 5.44. The molecule has 0 atom stereocenters. The summed E-state index contributed by atoms with van der Waals surface area (Å²) >= 11 is 0. The number of para-hydroxylation sites is 1. The van der Waals surface area contributed by atoms with Gasteiger partial charge in [0.25, 0.3) is 0 Å². The fourth-order valence-corrected chi connectivity index (χ4v) is 2.12. The summed E-state index contributed by atoms with van der Waals surface area (Å²) in [4.78, 5) is 0. The second-order valence-electron chi connectivity index (χ2n) is 5.86. The van der Waals surface area contributed by atoms with E-state index in [1.165, 1.54) is 0 Å². The summed E-state index contributed by atoms with van der Waals surface area (Å²) in [5, 5.41) is 0. The maximum Gasteiger partial charge on any atom is 0.161 e. The predicted octanol–water partition coefficient (Wildman–Crippen LogP) is 4.24. The lowest BCUT2D eigenvalue weighted by molar-refractivity contribution is 0.273. The summed E-state index contributed by atoms with van der Waals surface area (Å²) in [6, 6.07) is 16.0. The molecule has 2 rings (SSSR count). The summed E-state index contributed by atoms with van der Waals surface area (Å²) in [5.41, 5.74) is 8.53. The third-order valence-corrected chi connectivity index (χ3v) is 3.48. The minimum Gasteiger partial charge on any atom is -0.493 e. The predicted molar refractivity (Wildman–Crippen MR) is 94.8 cm³/mol. The van der Waals surface area contributed by atoms with Crippen LogP contribution in [0.4, 0.5) is 5.69 Å². The average molecular weight is 314 g/mol. The number of ether oxygens (including phenoxy) is 2. The van der Waals surface area contributed by atoms with Crippen molar-refractivity contribution in [2.45, 2.75) is 26.8 Å². The molecule has 124 valence electrons. The molecule has 0 saturated heterocycles. The molecular formula is C19H26N2O2. The standard InChI is InChI=1S/C19H26N2O2/c1-15(2)11-12-23-18-10-9-16(13-19(18)22-3)14-20-21-17-7-5-4-6-8-17/h4-10,13,15,20-21H,11-12,14H2,1-3H3. The molecule has 0 aliphatic carbocycles. The van der Waals surface area contributed by atoms with Crippen molar-refractivity contribution in [3.8, 4) is 11.5 Å². The SMILES string of the molecule is COc1cc(CNNc2ccccc2)ccc1OCCC(C)C. The van der Waals surface area contributed by atoms with Gasteiger partial charge in [0, 0.05) is 12.2 Å². The second kappa shape index (κ2) is 9.06. The minimum atomic E-state index is 0.633. The van der Waals surface area contributed by atoms with Crippen molar-refractivity contribution in [3.63, 3.8) is 0 Å². The van der Waals surface area contributed by atoms with E-state index < -0.39 is 0 Å². The van der Waals surface area contributed by atoms with Gasteiger partial charge in [-0.2, -0.15) is 0 Å². The molecule has 4 heteroatoms. The molecule has 0 spiro atoms. The first kappa shape index (κ1) is 17.2. The van der Waals surface area contributed by atoms with Gasteiger partial charge >= 0.3 is 0 Å². The van der Waals surface area contributed by atoms with Gasteiger partial charge in [0.05, 0.1) is 13.7 Å². The highest BCUT2D eigenvalue weighted by Crippen LogP contribution is 2.28. The largest absolute Gasteiger partial charge is 0.493 e. The molecule has 2 aromatic carbocycles. The average Bonchev–Trinajstić information content (AvgIpc) is 2.56. The van der Waals surface area contributed by atoms with E-state index in [4.69, 9.17) is 9.47 Å². The Morgan fingerprint density at radius 2 is 1.78 bits per heavy atom. The van der Waals surface area contributed by atoms with E-state index >= 15 is 0 Å². The Balaban J connectivity index is 1.87. The molecule has 0 aliphatic rings. The van der Waals surface area contributed by atoms with Crippen molar-refractivity contribution in [2.75, 3.05) is 19.1 Å². The Hall–Kier alpha value is -2.20. The monoisotopic (exact) mass is 314 g/mol. The summed E-state index contributed by atoms with van der Waals surface area (Å²) in [6.45, 7) is 5.78. The quantitative estimate of drug-likeness (QED) is 0.680. The van der Waals surface area contributed by atoms with E-state index in [2.05, 4.69) is 24.7 Å². The van der Waals surface area contributed by atoms with Crippen LogP contribution >= 0.6 is 0 Å². The first-order chi connectivity index (χ1) is 11.2. The number of anilines is 1. The topological polar surface area (TPSA) is 42.5 Å². The number of rotatable bonds is 9. The van der Waals surface area contributed by atoms with Gasteiger partial charge in [-0.3, -0.25) is 0 Å². The van der Waals surface area contributed by atoms with Crippen LogP contribution in [0.5, 0.6) is 11.5 Å². The maximum atomic E-state index is 5.81. The Bertz CT molecular complexity index is 585. The van der Waals surface area contributed by atoms with Gasteiger partial charge in [-0.25, -0.2) is 5.43 Å². The fourth-order valence-electron chi connectivity index (χ4n) is 2.12. The lowest BCUT2D eigenvalue weighted by atomic mass is 10.1. The van der Waals surface area contributed by atoms with Crippen molar-refractivity contribution in [3.05, 3.63) is 54.1 Å². The zero-order valence-corrected chi connectivity index (χ0v) is 14.1. The minimum absolute atomic E-state index is 0.633. The highest BCUT2D eigenvalue weighted by Gasteiger charge is 2.06. The van der Waals surface area contributed by atoms with E-state index in [0.717, 1.165) is 29.2 Å². The lowest BCUT2D eigenvalue weighted by Crippen LogP contribution is -2.20. The molecular weight excluding hydrogens is 288 g/mol. The molecule has 0 aromatic heterocycles. The zero-order chi connectivity index (χ0) is 16.5. The van der Waals surface area contributed by atoms with Gasteiger partial charge in [-0.1, -0.05) is 38.1 Å². The first-order valence-corrected chi connectivity index (χ1v) is 8.02. The van der Waals surface area contributed by atoms with Gasteiger partial charge in [-0.15, -0.1) is 0 Å². The molecule has 0 unspecified atom stereocenters. The Morgan fingerprint density at radius 1 is 1.00 bits per heavy atom. The Morgan fingerprint density at radius 3 is 2.48 bits per heavy atom. The second-order valence-corrected chi connectivity index (χ2v) is 5.86. The van der Waals surface area contributed by atoms with Crippen LogP contribution in [0.15, 0.2) is 48.5 Å². The van der Waals surface area contributed by atoms with E-state index in [1.54, 1.807) is 7.11 Å². The van der Waals surface area contributed by atoms with Crippen LogP contribution in [0.3, 0.4) is 0 Å². The van der Waals surface area contributed by atoms with Crippen LogP contribution in [0.2, 0.25) is 0 Å². The van der Waals surface area contributed by atoms with Gasteiger partial charge in [0.1, 0.15) is 0 Å². The van der Waals surface area contributed by atoms with Gasteiger partial charge in [-0.05, 0) is 42.2 Å². The highest BCUT2D eigenvalue weighted by atomic mass is 16.5. The third-order valence-electron chi connectivity index (χ3n) is 3.48. The first-order valence-electron chi connectivity index (χ1n) is 8.02. The third kappa shape index (κ3) is 5.83. The number of benzene rings is 2. The zero-order valence-electron chi connectivity index (χ0n) is 14.1. The molecule has 4 nitrogen and oxygen atoms in total. The molecule has 0 radical (unpaired) electrons. The lowest BCUT2D eigenvalue weighted by Gasteiger charge is -2.14. The Labute approximate surface area is 138 Å². The van der Waals surface area contributed by atoms with E-state index in [9.17, 15) is 0 Å². The summed E-state index contributed by atoms with van der Waals surface area (Å²) in [5.74, 6) is 2.20. The smallest absolute Gasteiger partial charge is 0.161 e. The molecule has 2 aromatic rings. The van der Waals surface area contributed by atoms with E-state index in [1.807, 2.05) is 48.5 Å². The molecule has 0 heterocycles. The maximum absolute atomic E-state index is 5.81. The van der Waals surface area contributed by atoms with E-state index in [0.29, 0.717) is 19.1 Å². The number of hydrazine groups is 1. The molecule has 0 aliphatic heterocycles. The van der Waals surface area contributed by atoms with Crippen LogP contribution in [0, 0.1) is 5.92 Å². The van der Waals surface area contributed by atoms with Crippen LogP contribution in [-0.4, -0.2) is 13.7 Å². The van der Waals surface area contributed by atoms with Crippen molar-refractivity contribution in [1.29, 1.82) is 0 Å². The van der Waals surface area contributed by atoms with Crippen LogP contribution in [0.1, 0.15) is 25.8 Å². The number of nitrogens with one attached hydrogen (secondary N) is 2. The summed E-state index contributed by atoms with van der Waals surface area (Å²) in [6.07, 6.45) is 1.04. The normalized spacial score (nSPS) is 10.6. The molecule has 2 N–H and O–H groups in total. The van der Waals surface area contributed by atoms with Gasteiger partial charge < -0.3 is 14.9 Å². The van der Waals surface area contributed by atoms with Crippen LogP contribution < -0.4 is 20.3 Å². The summed E-state index contributed by atoms with van der Waals surface area (Å²) < 4.78 is 11.2. The number of hydrogen-bond acceptors (Lipinski definition) is 4. The van der Waals surface area contributed by atoms with Crippen molar-refractivity contribution >= 4 is 5.69 Å². The number of hydrogen-bond donors (Lipinski definition) is 2.